The molecule has 0 saturated carbocycles. The van der Waals surface area contributed by atoms with Crippen molar-refractivity contribution in [2.75, 3.05) is 19.6 Å². The maximum Gasteiger partial charge on any atom is 0.191 e. The average molecular weight is 399 g/mol. The molecule has 3 N–H and O–H groups in total. The molecule has 7 nitrogen and oxygen atoms in total. The molecule has 0 amide bonds. The second-order valence-electron chi connectivity index (χ2n) is 7.86. The fourth-order valence-electron chi connectivity index (χ4n) is 3.65. The van der Waals surface area contributed by atoms with Gasteiger partial charge in [0.25, 0.3) is 0 Å². The standard InChI is InChI=1S/C22H34N6O/c1-3-23-21(25-17-22(2,29)18-11-6-4-7-12-18)24-15-10-14-20-27-26-19-13-8-5-9-16-28(19)20/h4,6-7,11-12,29H,3,5,8-10,13-17H2,1-2H3,(H2,23,24,25). The van der Waals surface area contributed by atoms with E-state index >= 15 is 0 Å². The van der Waals surface area contributed by atoms with E-state index in [0.29, 0.717) is 6.54 Å². The molecule has 2 aromatic rings. The van der Waals surface area contributed by atoms with Gasteiger partial charge in [0.15, 0.2) is 5.96 Å². The Labute approximate surface area is 173 Å². The number of fused-ring (bicyclic) bond motifs is 1. The highest BCUT2D eigenvalue weighted by atomic mass is 16.3. The molecule has 3 rings (SSSR count). The summed E-state index contributed by atoms with van der Waals surface area (Å²) in [6, 6.07) is 9.67. The predicted molar refractivity (Wildman–Crippen MR) is 116 cm³/mol. The van der Waals surface area contributed by atoms with Crippen molar-refractivity contribution in [3.8, 4) is 0 Å². The van der Waals surface area contributed by atoms with Crippen molar-refractivity contribution in [2.45, 2.75) is 64.5 Å². The van der Waals surface area contributed by atoms with Crippen LogP contribution in [0.25, 0.3) is 0 Å². The lowest BCUT2D eigenvalue weighted by molar-refractivity contribution is 0.0672. The molecule has 0 radical (unpaired) electrons. The van der Waals surface area contributed by atoms with Crippen molar-refractivity contribution in [1.82, 2.24) is 25.4 Å². The molecule has 1 atom stereocenters. The van der Waals surface area contributed by atoms with Crippen LogP contribution in [-0.2, 0) is 25.0 Å². The van der Waals surface area contributed by atoms with Crippen molar-refractivity contribution in [3.63, 3.8) is 0 Å². The highest BCUT2D eigenvalue weighted by Crippen LogP contribution is 2.20. The molecule has 7 heteroatoms. The van der Waals surface area contributed by atoms with E-state index in [1.54, 1.807) is 6.92 Å². The third-order valence-corrected chi connectivity index (χ3v) is 5.34. The SMILES string of the molecule is CCNC(=NCC(C)(O)c1ccccc1)NCCCc1nnc2n1CCCCC2. The van der Waals surface area contributed by atoms with E-state index in [9.17, 15) is 5.11 Å². The number of hydrogen-bond acceptors (Lipinski definition) is 4. The zero-order valence-corrected chi connectivity index (χ0v) is 17.7. The van der Waals surface area contributed by atoms with Gasteiger partial charge in [0.1, 0.15) is 17.2 Å². The Kier molecular flexibility index (Phi) is 7.63. The zero-order chi connectivity index (χ0) is 20.5. The van der Waals surface area contributed by atoms with Crippen LogP contribution in [0.2, 0.25) is 0 Å². The van der Waals surface area contributed by atoms with Gasteiger partial charge in [-0.25, -0.2) is 4.99 Å². The smallest absolute Gasteiger partial charge is 0.191 e. The third-order valence-electron chi connectivity index (χ3n) is 5.34. The first-order valence-corrected chi connectivity index (χ1v) is 10.8. The number of aromatic nitrogens is 3. The summed E-state index contributed by atoms with van der Waals surface area (Å²) >= 11 is 0. The molecule has 0 aliphatic carbocycles. The van der Waals surface area contributed by atoms with Crippen LogP contribution >= 0.6 is 0 Å². The lowest BCUT2D eigenvalue weighted by Crippen LogP contribution is -2.39. The van der Waals surface area contributed by atoms with Crippen molar-refractivity contribution in [1.29, 1.82) is 0 Å². The van der Waals surface area contributed by atoms with Crippen LogP contribution in [0.5, 0.6) is 0 Å². The summed E-state index contributed by atoms with van der Waals surface area (Å²) in [5.74, 6) is 2.96. The summed E-state index contributed by atoms with van der Waals surface area (Å²) in [7, 11) is 0. The van der Waals surface area contributed by atoms with Crippen molar-refractivity contribution in [3.05, 3.63) is 47.5 Å². The lowest BCUT2D eigenvalue weighted by Gasteiger charge is -2.22. The van der Waals surface area contributed by atoms with Crippen LogP contribution < -0.4 is 10.6 Å². The molecule has 1 aromatic carbocycles. The Morgan fingerprint density at radius 3 is 2.79 bits per heavy atom. The molecule has 1 aliphatic rings. The molecule has 0 spiro atoms. The summed E-state index contributed by atoms with van der Waals surface area (Å²) in [6.07, 6.45) is 6.62. The summed E-state index contributed by atoms with van der Waals surface area (Å²) in [5.41, 5.74) is -0.130. The van der Waals surface area contributed by atoms with Crippen LogP contribution in [0, 0.1) is 0 Å². The van der Waals surface area contributed by atoms with E-state index in [2.05, 4.69) is 30.4 Å². The van der Waals surface area contributed by atoms with Crippen LogP contribution in [-0.4, -0.2) is 45.5 Å². The van der Waals surface area contributed by atoms with Crippen LogP contribution in [0.15, 0.2) is 35.3 Å². The topological polar surface area (TPSA) is 87.4 Å². The Balaban J connectivity index is 1.51. The third kappa shape index (κ3) is 6.03. The van der Waals surface area contributed by atoms with E-state index in [4.69, 9.17) is 0 Å². The summed E-state index contributed by atoms with van der Waals surface area (Å²) in [5, 5.41) is 26.2. The van der Waals surface area contributed by atoms with Crippen LogP contribution in [0.4, 0.5) is 0 Å². The van der Waals surface area contributed by atoms with E-state index in [1.807, 2.05) is 37.3 Å². The van der Waals surface area contributed by atoms with Gasteiger partial charge in [-0.3, -0.25) is 0 Å². The van der Waals surface area contributed by atoms with E-state index in [0.717, 1.165) is 62.1 Å². The highest BCUT2D eigenvalue weighted by Gasteiger charge is 2.22. The quantitative estimate of drug-likeness (QED) is 0.361. The highest BCUT2D eigenvalue weighted by molar-refractivity contribution is 5.79. The van der Waals surface area contributed by atoms with E-state index < -0.39 is 5.60 Å². The minimum absolute atomic E-state index is 0.296. The molecule has 1 aliphatic heterocycles. The Morgan fingerprint density at radius 1 is 1.17 bits per heavy atom. The molecule has 0 fully saturated rings. The number of aliphatic imine (C=N–C) groups is 1. The predicted octanol–water partition coefficient (Wildman–Crippen LogP) is 2.40. The summed E-state index contributed by atoms with van der Waals surface area (Å²) < 4.78 is 2.31. The number of rotatable bonds is 8. The summed E-state index contributed by atoms with van der Waals surface area (Å²) in [4.78, 5) is 4.59. The summed E-state index contributed by atoms with van der Waals surface area (Å²) in [6.45, 7) is 6.75. The number of hydrogen-bond donors (Lipinski definition) is 3. The Morgan fingerprint density at radius 2 is 2.00 bits per heavy atom. The van der Waals surface area contributed by atoms with E-state index in [-0.39, 0.29) is 0 Å². The average Bonchev–Trinajstić information content (AvgIpc) is 2.95. The normalized spacial score (nSPS) is 16.6. The molecule has 158 valence electrons. The largest absolute Gasteiger partial charge is 0.384 e. The lowest BCUT2D eigenvalue weighted by atomic mass is 9.96. The maximum atomic E-state index is 10.8. The fourth-order valence-corrected chi connectivity index (χ4v) is 3.65. The van der Waals surface area contributed by atoms with Gasteiger partial charge in [-0.1, -0.05) is 36.8 Å². The molecular weight excluding hydrogens is 364 g/mol. The van der Waals surface area contributed by atoms with Crippen LogP contribution in [0.3, 0.4) is 0 Å². The van der Waals surface area contributed by atoms with Gasteiger partial charge >= 0.3 is 0 Å². The monoisotopic (exact) mass is 398 g/mol. The van der Waals surface area contributed by atoms with Gasteiger partial charge in [0.2, 0.25) is 0 Å². The molecule has 1 aromatic heterocycles. The second-order valence-corrected chi connectivity index (χ2v) is 7.86. The van der Waals surface area contributed by atoms with Gasteiger partial charge in [-0.15, -0.1) is 10.2 Å². The number of guanidine groups is 1. The van der Waals surface area contributed by atoms with Gasteiger partial charge in [0.05, 0.1) is 6.54 Å². The minimum Gasteiger partial charge on any atom is -0.384 e. The van der Waals surface area contributed by atoms with Gasteiger partial charge in [-0.2, -0.15) is 0 Å². The van der Waals surface area contributed by atoms with Gasteiger partial charge in [0, 0.05) is 32.5 Å². The number of aliphatic hydroxyl groups is 1. The van der Waals surface area contributed by atoms with Crippen LogP contribution in [0.1, 0.15) is 56.7 Å². The number of nitrogens with zero attached hydrogens (tertiary/aromatic N) is 4. The molecular formula is C22H34N6O. The molecule has 1 unspecified atom stereocenters. The van der Waals surface area contributed by atoms with Crippen molar-refractivity contribution < 1.29 is 5.11 Å². The molecule has 29 heavy (non-hydrogen) atoms. The first-order chi connectivity index (χ1) is 14.1. The Bertz CT molecular complexity index is 784. The number of benzene rings is 1. The van der Waals surface area contributed by atoms with E-state index in [1.165, 1.54) is 19.3 Å². The zero-order valence-electron chi connectivity index (χ0n) is 17.7. The fraction of sp³-hybridized carbons (Fsp3) is 0.591. The second kappa shape index (κ2) is 10.4. The van der Waals surface area contributed by atoms with Gasteiger partial charge in [-0.05, 0) is 38.7 Å². The molecule has 0 bridgehead atoms. The maximum absolute atomic E-state index is 10.8. The van der Waals surface area contributed by atoms with Crippen molar-refractivity contribution in [2.24, 2.45) is 4.99 Å². The number of aryl methyl sites for hydroxylation is 2. The van der Waals surface area contributed by atoms with Gasteiger partial charge < -0.3 is 20.3 Å². The Hall–Kier alpha value is -2.41. The van der Waals surface area contributed by atoms with Crippen molar-refractivity contribution >= 4 is 5.96 Å². The molecule has 0 saturated heterocycles. The first-order valence-electron chi connectivity index (χ1n) is 10.8. The minimum atomic E-state index is -0.997. The number of nitrogens with one attached hydrogen (secondary N) is 2. The molecule has 2 heterocycles. The first kappa shape index (κ1) is 21.3.